The summed E-state index contributed by atoms with van der Waals surface area (Å²) in [7, 11) is -15.9. The van der Waals surface area contributed by atoms with Crippen molar-refractivity contribution in [3.63, 3.8) is 0 Å². The molecule has 10 N–H and O–H groups in total. The molecular formula is C29H40N7O22P3. The number of ether oxygens (including phenoxy) is 3. The number of rotatable bonds is 16. The SMILES string of the molecule is Cc1cn([C@H]2C[C@H](OP(=O)(O)OC[C@H]3O[C@@H](n4cc(C)c(=O)[nH]c4=O)C[C@@H]3O)[C@@H](COP(=O)(O)O[C@H]3[C@@H](O)[C@H](n4ccc(N)nc4=O)O[C@@H]3COP(=O)(O)O)O2)c(=O)[nH]c1=O. The maximum Gasteiger partial charge on any atom is 0.472 e. The van der Waals surface area contributed by atoms with E-state index in [9.17, 15) is 67.5 Å². The Morgan fingerprint density at radius 2 is 1.28 bits per heavy atom. The summed E-state index contributed by atoms with van der Waals surface area (Å²) in [5.74, 6) is -0.215. The van der Waals surface area contributed by atoms with Gasteiger partial charge in [-0.2, -0.15) is 4.98 Å². The Morgan fingerprint density at radius 1 is 0.754 bits per heavy atom. The van der Waals surface area contributed by atoms with E-state index in [4.69, 9.17) is 38.0 Å². The Kier molecular flexibility index (Phi) is 13.9. The van der Waals surface area contributed by atoms with Crippen LogP contribution in [0, 0.1) is 13.8 Å². The molecule has 3 aromatic rings. The topological polar surface area (TPSA) is 417 Å². The van der Waals surface area contributed by atoms with Crippen molar-refractivity contribution in [3.8, 4) is 0 Å². The third kappa shape index (κ3) is 11.2. The van der Waals surface area contributed by atoms with E-state index in [1.54, 1.807) is 0 Å². The van der Waals surface area contributed by atoms with Gasteiger partial charge in [0.15, 0.2) is 6.23 Å². The lowest BCUT2D eigenvalue weighted by Crippen LogP contribution is -2.38. The molecule has 0 radical (unpaired) electrons. The molecule has 2 unspecified atom stereocenters. The van der Waals surface area contributed by atoms with Crippen LogP contribution in [0.25, 0.3) is 0 Å². The van der Waals surface area contributed by atoms with Crippen LogP contribution < -0.4 is 33.9 Å². The van der Waals surface area contributed by atoms with E-state index in [1.807, 2.05) is 0 Å². The minimum absolute atomic E-state index is 0.0439. The summed E-state index contributed by atoms with van der Waals surface area (Å²) in [5, 5.41) is 21.6. The highest BCUT2D eigenvalue weighted by Gasteiger charge is 2.51. The maximum atomic E-state index is 13.4. The zero-order valence-corrected chi connectivity index (χ0v) is 34.2. The third-order valence-corrected chi connectivity index (χ3v) is 11.9. The smallest absolute Gasteiger partial charge is 0.390 e. The molecule has 3 aromatic heterocycles. The summed E-state index contributed by atoms with van der Waals surface area (Å²) < 4.78 is 82.8. The summed E-state index contributed by atoms with van der Waals surface area (Å²) in [4.78, 5) is 109. The number of hydrogen-bond donors (Lipinski definition) is 9. The second kappa shape index (κ2) is 18.1. The standard InChI is InChI=1S/C29H40N7O22P3/c1-12-7-35(28(42)32-24(12)39)20-5-14(37)16(54-20)9-52-60(47,48)57-15-6-21(36-8-13(2)25(40)33-29(36)43)55-17(15)10-53-61(49,50)58-23-18(11-51-59(44,45)46)56-26(22(23)38)34-4-3-19(30)31-27(34)41/h3-4,7-8,14-18,20-23,26,37-38H,5-6,9-11H2,1-2H3,(H,47,48)(H,49,50)(H2,30,31,41)(H,32,39,42)(H,33,40,43)(H2,44,45,46)/t14-,15-,16+,17+,18+,20+,21+,22+,23+,26+/m0/s1. The van der Waals surface area contributed by atoms with Gasteiger partial charge in [0.1, 0.15) is 54.9 Å². The van der Waals surface area contributed by atoms with Gasteiger partial charge in [-0.1, -0.05) is 0 Å². The summed E-state index contributed by atoms with van der Waals surface area (Å²) >= 11 is 0. The van der Waals surface area contributed by atoms with Crippen LogP contribution in [0.4, 0.5) is 5.82 Å². The van der Waals surface area contributed by atoms with Gasteiger partial charge in [-0.15, -0.1) is 0 Å². The molecule has 3 fully saturated rings. The van der Waals surface area contributed by atoms with Gasteiger partial charge in [0.05, 0.1) is 25.9 Å². The predicted molar refractivity (Wildman–Crippen MR) is 197 cm³/mol. The summed E-state index contributed by atoms with van der Waals surface area (Å²) in [6.45, 7) is -0.106. The van der Waals surface area contributed by atoms with Crippen LogP contribution in [-0.2, 0) is 50.5 Å². The zero-order chi connectivity index (χ0) is 44.8. The van der Waals surface area contributed by atoms with Gasteiger partial charge in [-0.25, -0.2) is 28.1 Å². The fourth-order valence-corrected chi connectivity index (χ4v) is 8.76. The number of nitrogen functional groups attached to an aromatic ring is 1. The monoisotopic (exact) mass is 931 g/mol. The van der Waals surface area contributed by atoms with Crippen molar-refractivity contribution in [1.29, 1.82) is 0 Å². The number of aliphatic hydroxyl groups is 2. The van der Waals surface area contributed by atoms with Gasteiger partial charge in [0.2, 0.25) is 0 Å². The first kappa shape index (κ1) is 46.7. The Hall–Kier alpha value is -3.83. The normalized spacial score (nSPS) is 30.0. The number of phosphoric acid groups is 3. The van der Waals surface area contributed by atoms with E-state index in [-0.39, 0.29) is 23.4 Å². The van der Waals surface area contributed by atoms with Crippen LogP contribution >= 0.6 is 23.5 Å². The highest BCUT2D eigenvalue weighted by Crippen LogP contribution is 2.52. The minimum Gasteiger partial charge on any atom is -0.390 e. The average molecular weight is 932 g/mol. The third-order valence-electron chi connectivity index (χ3n) is 9.47. The van der Waals surface area contributed by atoms with Gasteiger partial charge < -0.3 is 49.7 Å². The van der Waals surface area contributed by atoms with Crippen molar-refractivity contribution in [2.75, 3.05) is 25.6 Å². The maximum absolute atomic E-state index is 13.4. The molecule has 61 heavy (non-hydrogen) atoms. The van der Waals surface area contributed by atoms with E-state index >= 15 is 0 Å². The molecule has 0 spiro atoms. The predicted octanol–water partition coefficient (Wildman–Crippen LogP) is -3.15. The molecule has 0 amide bonds. The first-order valence-electron chi connectivity index (χ1n) is 17.7. The Bertz CT molecular complexity index is 2560. The number of anilines is 1. The lowest BCUT2D eigenvalue weighted by molar-refractivity contribution is -0.0617. The quantitative estimate of drug-likeness (QED) is 0.0641. The van der Waals surface area contributed by atoms with Crippen LogP contribution in [0.1, 0.15) is 42.7 Å². The van der Waals surface area contributed by atoms with E-state index in [0.717, 1.165) is 27.6 Å². The second-order valence-corrected chi connectivity index (χ2v) is 17.9. The second-order valence-electron chi connectivity index (χ2n) is 13.9. The molecule has 0 bridgehead atoms. The van der Waals surface area contributed by atoms with Crippen molar-refractivity contribution in [2.45, 2.75) is 88.1 Å². The Balaban J connectivity index is 1.17. The number of aromatic amines is 2. The van der Waals surface area contributed by atoms with Crippen molar-refractivity contribution in [1.82, 2.24) is 28.7 Å². The molecule has 338 valence electrons. The van der Waals surface area contributed by atoms with E-state index in [2.05, 4.69) is 19.5 Å². The number of aryl methyl sites for hydroxylation is 2. The van der Waals surface area contributed by atoms with E-state index in [1.165, 1.54) is 20.0 Å². The Morgan fingerprint density at radius 3 is 1.85 bits per heavy atom. The lowest BCUT2D eigenvalue weighted by atomic mass is 10.1. The van der Waals surface area contributed by atoms with Crippen LogP contribution in [0.3, 0.4) is 0 Å². The fraction of sp³-hybridized carbons (Fsp3) is 0.586. The summed E-state index contributed by atoms with van der Waals surface area (Å²) in [6.07, 6.45) is -13.2. The van der Waals surface area contributed by atoms with Crippen LogP contribution in [0.5, 0.6) is 0 Å². The number of nitrogens with two attached hydrogens (primary N) is 1. The largest absolute Gasteiger partial charge is 0.472 e. The van der Waals surface area contributed by atoms with Crippen molar-refractivity contribution in [2.24, 2.45) is 0 Å². The summed E-state index contributed by atoms with van der Waals surface area (Å²) in [5.41, 5.74) is 1.44. The fourth-order valence-electron chi connectivity index (χ4n) is 6.49. The molecule has 0 aliphatic carbocycles. The van der Waals surface area contributed by atoms with Gasteiger partial charge in [0, 0.05) is 42.6 Å². The van der Waals surface area contributed by atoms with Gasteiger partial charge in [0.25, 0.3) is 11.1 Å². The molecule has 6 rings (SSSR count). The number of hydrogen-bond acceptors (Lipinski definition) is 20. The first-order chi connectivity index (χ1) is 28.4. The highest BCUT2D eigenvalue weighted by atomic mass is 31.2. The van der Waals surface area contributed by atoms with Gasteiger partial charge >= 0.3 is 40.5 Å². The van der Waals surface area contributed by atoms with Gasteiger partial charge in [-0.05, 0) is 19.9 Å². The number of aliphatic hydroxyl groups excluding tert-OH is 2. The Labute approximate surface area is 339 Å². The first-order valence-corrected chi connectivity index (χ1v) is 22.3. The van der Waals surface area contributed by atoms with Crippen molar-refractivity contribution >= 4 is 29.3 Å². The number of aromatic nitrogens is 6. The molecule has 6 heterocycles. The number of nitrogens with zero attached hydrogens (tertiary/aromatic N) is 4. The van der Waals surface area contributed by atoms with Crippen molar-refractivity contribution < 1.29 is 80.3 Å². The molecule has 29 nitrogen and oxygen atoms in total. The lowest BCUT2D eigenvalue weighted by Gasteiger charge is -2.25. The molecule has 3 aliphatic rings. The number of H-pyrrole nitrogens is 2. The highest BCUT2D eigenvalue weighted by molar-refractivity contribution is 7.47. The zero-order valence-electron chi connectivity index (χ0n) is 31.5. The van der Waals surface area contributed by atoms with Crippen molar-refractivity contribution in [3.05, 3.63) is 87.9 Å². The molecule has 32 heteroatoms. The number of phosphoric ester groups is 3. The molecular weight excluding hydrogens is 891 g/mol. The molecule has 0 saturated carbocycles. The number of nitrogens with one attached hydrogen (secondary N) is 2. The molecule has 3 aliphatic heterocycles. The van der Waals surface area contributed by atoms with Gasteiger partial charge in [-0.3, -0.25) is 55.9 Å². The van der Waals surface area contributed by atoms with E-state index < -0.39 is 139 Å². The summed E-state index contributed by atoms with van der Waals surface area (Å²) in [6, 6.07) is 1.14. The van der Waals surface area contributed by atoms with Crippen LogP contribution in [0.15, 0.2) is 48.6 Å². The van der Waals surface area contributed by atoms with Crippen LogP contribution in [0.2, 0.25) is 0 Å². The minimum atomic E-state index is -5.45. The molecule has 3 saturated heterocycles. The average Bonchev–Trinajstić information content (AvgIpc) is 3.82. The van der Waals surface area contributed by atoms with E-state index in [0.29, 0.717) is 4.57 Å². The molecule has 12 atom stereocenters. The molecule has 0 aromatic carbocycles. The van der Waals surface area contributed by atoms with Crippen LogP contribution in [-0.4, -0.2) is 121 Å².